The molecule has 0 radical (unpaired) electrons. The third-order valence-electron chi connectivity index (χ3n) is 2.77. The fraction of sp³-hybridized carbons (Fsp3) is 0.900. The summed E-state index contributed by atoms with van der Waals surface area (Å²) in [4.78, 5) is 11.5. The van der Waals surface area contributed by atoms with Crippen LogP contribution in [0.25, 0.3) is 0 Å². The molecule has 0 amide bonds. The fourth-order valence-corrected chi connectivity index (χ4v) is 2.06. The lowest BCUT2D eigenvalue weighted by Gasteiger charge is -2.12. The predicted octanol–water partition coefficient (Wildman–Crippen LogP) is 2.79. The summed E-state index contributed by atoms with van der Waals surface area (Å²) >= 11 is 0. The van der Waals surface area contributed by atoms with Crippen LogP contribution in [0, 0.1) is 11.8 Å². The van der Waals surface area contributed by atoms with E-state index in [1.165, 1.54) is 12.8 Å². The van der Waals surface area contributed by atoms with Gasteiger partial charge >= 0.3 is 0 Å². The molecule has 0 N–H and O–H groups in total. The lowest BCUT2D eigenvalue weighted by Crippen LogP contribution is -2.16. The quantitative estimate of drug-likeness (QED) is 0.611. The molecule has 0 aliphatic heterocycles. The highest BCUT2D eigenvalue weighted by Crippen LogP contribution is 2.32. The molecule has 2 unspecified atom stereocenters. The second-order valence-corrected chi connectivity index (χ2v) is 3.73. The molecule has 11 heavy (non-hydrogen) atoms. The topological polar surface area (TPSA) is 17.1 Å². The van der Waals surface area contributed by atoms with Gasteiger partial charge in [-0.3, -0.25) is 4.79 Å². The molecule has 0 saturated heterocycles. The number of hydrogen-bond donors (Lipinski definition) is 0. The van der Waals surface area contributed by atoms with Crippen LogP contribution in [0.3, 0.4) is 0 Å². The average molecular weight is 154 g/mol. The Morgan fingerprint density at radius 1 is 1.45 bits per heavy atom. The minimum absolute atomic E-state index is 0.412. The summed E-state index contributed by atoms with van der Waals surface area (Å²) < 4.78 is 0. The molecule has 1 aliphatic carbocycles. The highest BCUT2D eigenvalue weighted by Gasteiger charge is 2.28. The third-order valence-corrected chi connectivity index (χ3v) is 2.77. The average Bonchev–Trinajstić information content (AvgIpc) is 2.36. The van der Waals surface area contributed by atoms with Gasteiger partial charge in [0.25, 0.3) is 0 Å². The van der Waals surface area contributed by atoms with Gasteiger partial charge in [-0.1, -0.05) is 20.3 Å². The predicted molar refractivity (Wildman–Crippen MR) is 46.4 cm³/mol. The molecule has 2 atom stereocenters. The lowest BCUT2D eigenvalue weighted by molar-refractivity contribution is -0.123. The number of Topliss-reactive ketones (excluding diaryl/α,β-unsaturated/α-hetero) is 1. The number of ketones is 1. The van der Waals surface area contributed by atoms with Crippen molar-refractivity contribution >= 4 is 5.78 Å². The summed E-state index contributed by atoms with van der Waals surface area (Å²) in [7, 11) is 0. The molecule has 0 aromatic heterocycles. The summed E-state index contributed by atoms with van der Waals surface area (Å²) in [6.07, 6.45) is 5.50. The minimum atomic E-state index is 0.412. The van der Waals surface area contributed by atoms with Gasteiger partial charge in [-0.15, -0.1) is 0 Å². The SMILES string of the molecule is CCCC(=O)C1CCCC1C. The Morgan fingerprint density at radius 2 is 2.18 bits per heavy atom. The van der Waals surface area contributed by atoms with Gasteiger partial charge in [0.05, 0.1) is 0 Å². The molecule has 1 rings (SSSR count). The number of carbonyl (C=O) groups excluding carboxylic acids is 1. The van der Waals surface area contributed by atoms with E-state index in [1.807, 2.05) is 0 Å². The zero-order chi connectivity index (χ0) is 8.27. The fourth-order valence-electron chi connectivity index (χ4n) is 2.06. The van der Waals surface area contributed by atoms with Crippen LogP contribution in [0.15, 0.2) is 0 Å². The summed E-state index contributed by atoms with van der Waals surface area (Å²) in [6, 6.07) is 0. The maximum absolute atomic E-state index is 11.5. The van der Waals surface area contributed by atoms with E-state index in [4.69, 9.17) is 0 Å². The standard InChI is InChI=1S/C10H18O/c1-3-5-10(11)9-7-4-6-8(9)2/h8-9H,3-7H2,1-2H3. The zero-order valence-electron chi connectivity index (χ0n) is 7.60. The van der Waals surface area contributed by atoms with Crippen LogP contribution in [0.4, 0.5) is 0 Å². The highest BCUT2D eigenvalue weighted by molar-refractivity contribution is 5.81. The summed E-state index contributed by atoms with van der Waals surface area (Å²) in [5, 5.41) is 0. The molecule has 1 heteroatoms. The molecular formula is C10H18O. The van der Waals surface area contributed by atoms with Crippen molar-refractivity contribution in [3.63, 3.8) is 0 Å². The van der Waals surface area contributed by atoms with E-state index in [-0.39, 0.29) is 0 Å². The molecule has 0 aromatic carbocycles. The molecule has 0 spiro atoms. The molecule has 0 heterocycles. The first-order valence-corrected chi connectivity index (χ1v) is 4.78. The smallest absolute Gasteiger partial charge is 0.136 e. The van der Waals surface area contributed by atoms with Crippen LogP contribution in [0.1, 0.15) is 46.0 Å². The summed E-state index contributed by atoms with van der Waals surface area (Å²) in [6.45, 7) is 4.29. The van der Waals surface area contributed by atoms with E-state index in [2.05, 4.69) is 13.8 Å². The van der Waals surface area contributed by atoms with Gasteiger partial charge in [0.1, 0.15) is 5.78 Å². The molecule has 1 saturated carbocycles. The Balaban J connectivity index is 2.39. The maximum Gasteiger partial charge on any atom is 0.136 e. The second kappa shape index (κ2) is 3.89. The molecule has 0 bridgehead atoms. The monoisotopic (exact) mass is 154 g/mol. The van der Waals surface area contributed by atoms with Crippen LogP contribution < -0.4 is 0 Å². The molecule has 64 valence electrons. The second-order valence-electron chi connectivity index (χ2n) is 3.73. The Kier molecular flexibility index (Phi) is 3.10. The third kappa shape index (κ3) is 2.05. The van der Waals surface area contributed by atoms with Crippen molar-refractivity contribution in [2.75, 3.05) is 0 Å². The van der Waals surface area contributed by atoms with Crippen LogP contribution in [0.5, 0.6) is 0 Å². The van der Waals surface area contributed by atoms with Crippen LogP contribution in [0.2, 0.25) is 0 Å². The van der Waals surface area contributed by atoms with Gasteiger partial charge in [-0.2, -0.15) is 0 Å². The molecular weight excluding hydrogens is 136 g/mol. The Bertz CT molecular complexity index is 140. The van der Waals surface area contributed by atoms with E-state index in [9.17, 15) is 4.79 Å². The van der Waals surface area contributed by atoms with Gasteiger partial charge in [0.15, 0.2) is 0 Å². The number of carbonyl (C=O) groups is 1. The molecule has 1 nitrogen and oxygen atoms in total. The Morgan fingerprint density at radius 3 is 2.64 bits per heavy atom. The first-order valence-electron chi connectivity index (χ1n) is 4.78. The summed E-state index contributed by atoms with van der Waals surface area (Å²) in [5.74, 6) is 1.58. The number of rotatable bonds is 3. The first kappa shape index (κ1) is 8.76. The molecule has 0 aromatic rings. The normalized spacial score (nSPS) is 30.7. The van der Waals surface area contributed by atoms with Crippen LogP contribution in [-0.4, -0.2) is 5.78 Å². The van der Waals surface area contributed by atoms with E-state index in [0.717, 1.165) is 19.3 Å². The molecule has 1 aliphatic rings. The van der Waals surface area contributed by atoms with Gasteiger partial charge < -0.3 is 0 Å². The van der Waals surface area contributed by atoms with E-state index < -0.39 is 0 Å². The van der Waals surface area contributed by atoms with Gasteiger partial charge in [0.2, 0.25) is 0 Å². The zero-order valence-corrected chi connectivity index (χ0v) is 7.60. The van der Waals surface area contributed by atoms with E-state index in [0.29, 0.717) is 17.6 Å². The molecule has 1 fully saturated rings. The highest BCUT2D eigenvalue weighted by atomic mass is 16.1. The van der Waals surface area contributed by atoms with Crippen molar-refractivity contribution in [1.29, 1.82) is 0 Å². The van der Waals surface area contributed by atoms with Crippen molar-refractivity contribution in [1.82, 2.24) is 0 Å². The number of hydrogen-bond acceptors (Lipinski definition) is 1. The first-order chi connectivity index (χ1) is 5.25. The summed E-state index contributed by atoms with van der Waals surface area (Å²) in [5.41, 5.74) is 0. The Hall–Kier alpha value is -0.330. The van der Waals surface area contributed by atoms with E-state index in [1.54, 1.807) is 0 Å². The van der Waals surface area contributed by atoms with Crippen molar-refractivity contribution in [2.24, 2.45) is 11.8 Å². The van der Waals surface area contributed by atoms with Gasteiger partial charge in [0, 0.05) is 12.3 Å². The lowest BCUT2D eigenvalue weighted by atomic mass is 9.91. The Labute approximate surface area is 69.2 Å². The van der Waals surface area contributed by atoms with Crippen LogP contribution >= 0.6 is 0 Å². The largest absolute Gasteiger partial charge is 0.299 e. The van der Waals surface area contributed by atoms with Crippen molar-refractivity contribution in [3.05, 3.63) is 0 Å². The maximum atomic E-state index is 11.5. The van der Waals surface area contributed by atoms with Crippen molar-refractivity contribution < 1.29 is 4.79 Å². The van der Waals surface area contributed by atoms with Crippen molar-refractivity contribution in [3.8, 4) is 0 Å². The van der Waals surface area contributed by atoms with Gasteiger partial charge in [-0.05, 0) is 25.2 Å². The van der Waals surface area contributed by atoms with Gasteiger partial charge in [-0.25, -0.2) is 0 Å². The minimum Gasteiger partial charge on any atom is -0.299 e. The van der Waals surface area contributed by atoms with Crippen LogP contribution in [-0.2, 0) is 4.79 Å². The van der Waals surface area contributed by atoms with Crippen molar-refractivity contribution in [2.45, 2.75) is 46.0 Å². The van der Waals surface area contributed by atoms with E-state index >= 15 is 0 Å².